The van der Waals surface area contributed by atoms with Crippen molar-refractivity contribution in [2.24, 2.45) is 5.92 Å². The fourth-order valence-corrected chi connectivity index (χ4v) is 3.58. The zero-order valence-electron chi connectivity index (χ0n) is 16.2. The maximum absolute atomic E-state index is 12.4. The van der Waals surface area contributed by atoms with Crippen molar-refractivity contribution in [1.82, 2.24) is 0 Å². The van der Waals surface area contributed by atoms with E-state index in [0.29, 0.717) is 12.3 Å². The van der Waals surface area contributed by atoms with Crippen molar-refractivity contribution in [3.05, 3.63) is 59.7 Å². The van der Waals surface area contributed by atoms with Crippen molar-refractivity contribution in [3.63, 3.8) is 0 Å². The smallest absolute Gasteiger partial charge is 0.255 e. The highest BCUT2D eigenvalue weighted by atomic mass is 16.5. The topological polar surface area (TPSA) is 50.4 Å². The molecule has 0 unspecified atom stereocenters. The van der Waals surface area contributed by atoms with Crippen LogP contribution in [0, 0.1) is 12.8 Å². The van der Waals surface area contributed by atoms with Gasteiger partial charge in [0, 0.05) is 23.5 Å². The van der Waals surface area contributed by atoms with Crippen molar-refractivity contribution in [3.8, 4) is 0 Å². The van der Waals surface area contributed by atoms with Gasteiger partial charge in [-0.15, -0.1) is 0 Å². The third-order valence-electron chi connectivity index (χ3n) is 5.30. The van der Waals surface area contributed by atoms with Gasteiger partial charge in [0.2, 0.25) is 0 Å². The number of carbonyl (C=O) groups is 1. The summed E-state index contributed by atoms with van der Waals surface area (Å²) < 4.78 is 5.76. The number of amides is 1. The number of hydrogen-bond donors (Lipinski definition) is 2. The summed E-state index contributed by atoms with van der Waals surface area (Å²) >= 11 is 0. The molecule has 0 radical (unpaired) electrons. The van der Waals surface area contributed by atoms with Gasteiger partial charge in [0.15, 0.2) is 0 Å². The molecule has 0 aromatic heterocycles. The van der Waals surface area contributed by atoms with Crippen molar-refractivity contribution in [2.75, 3.05) is 24.0 Å². The summed E-state index contributed by atoms with van der Waals surface area (Å²) in [4.78, 5) is 12.4. The zero-order valence-corrected chi connectivity index (χ0v) is 16.2. The van der Waals surface area contributed by atoms with Gasteiger partial charge in [-0.25, -0.2) is 0 Å². The van der Waals surface area contributed by atoms with Gasteiger partial charge in [-0.2, -0.15) is 0 Å². The Hall–Kier alpha value is -2.33. The van der Waals surface area contributed by atoms with Crippen LogP contribution in [-0.2, 0) is 4.74 Å². The minimum Gasteiger partial charge on any atom is -0.363 e. The fourth-order valence-electron chi connectivity index (χ4n) is 3.58. The summed E-state index contributed by atoms with van der Waals surface area (Å²) in [7, 11) is 0. The van der Waals surface area contributed by atoms with Gasteiger partial charge >= 0.3 is 0 Å². The molecule has 0 saturated heterocycles. The van der Waals surface area contributed by atoms with E-state index < -0.39 is 0 Å². The molecule has 1 aliphatic rings. The van der Waals surface area contributed by atoms with Crippen LogP contribution in [0.1, 0.15) is 54.4 Å². The van der Waals surface area contributed by atoms with Gasteiger partial charge in [0.1, 0.15) is 6.73 Å². The number of carbonyl (C=O) groups excluding carboxylic acids is 1. The molecule has 2 N–H and O–H groups in total. The predicted molar refractivity (Wildman–Crippen MR) is 111 cm³/mol. The lowest BCUT2D eigenvalue weighted by molar-refractivity contribution is 0.102. The second kappa shape index (κ2) is 10.1. The van der Waals surface area contributed by atoms with Crippen LogP contribution in [0.2, 0.25) is 0 Å². The Bertz CT molecular complexity index is 724. The van der Waals surface area contributed by atoms with Crippen LogP contribution < -0.4 is 10.6 Å². The Morgan fingerprint density at radius 3 is 2.63 bits per heavy atom. The lowest BCUT2D eigenvalue weighted by Gasteiger charge is -2.21. The van der Waals surface area contributed by atoms with E-state index in [-0.39, 0.29) is 5.91 Å². The second-order valence-electron chi connectivity index (χ2n) is 7.37. The van der Waals surface area contributed by atoms with Crippen LogP contribution in [0.5, 0.6) is 0 Å². The van der Waals surface area contributed by atoms with Gasteiger partial charge in [-0.05, 0) is 49.1 Å². The molecule has 0 atom stereocenters. The van der Waals surface area contributed by atoms with Crippen LogP contribution in [0.25, 0.3) is 0 Å². The van der Waals surface area contributed by atoms with Crippen LogP contribution in [0.3, 0.4) is 0 Å². The quantitative estimate of drug-likeness (QED) is 0.472. The molecule has 2 aromatic carbocycles. The van der Waals surface area contributed by atoms with Gasteiger partial charge in [-0.1, -0.05) is 56.4 Å². The molecule has 27 heavy (non-hydrogen) atoms. The first-order chi connectivity index (χ1) is 13.2. The fraction of sp³-hybridized carbons (Fsp3) is 0.435. The third kappa shape index (κ3) is 6.10. The van der Waals surface area contributed by atoms with Gasteiger partial charge < -0.3 is 15.4 Å². The van der Waals surface area contributed by atoms with E-state index in [1.54, 1.807) is 0 Å². The lowest BCUT2D eigenvalue weighted by atomic mass is 9.87. The SMILES string of the molecule is Cc1ccc(NCOCCC2CCCCC2)cc1NC(=O)c1ccccc1. The molecule has 1 fully saturated rings. The van der Waals surface area contributed by atoms with Crippen molar-refractivity contribution in [2.45, 2.75) is 45.4 Å². The van der Waals surface area contributed by atoms with Crippen molar-refractivity contribution < 1.29 is 9.53 Å². The Balaban J connectivity index is 1.46. The van der Waals surface area contributed by atoms with E-state index >= 15 is 0 Å². The normalized spacial score (nSPS) is 14.7. The molecule has 0 bridgehead atoms. The largest absolute Gasteiger partial charge is 0.363 e. The molecular weight excluding hydrogens is 336 g/mol. The van der Waals surface area contributed by atoms with Crippen LogP contribution >= 0.6 is 0 Å². The Morgan fingerprint density at radius 1 is 1.07 bits per heavy atom. The molecular formula is C23H30N2O2. The Kier molecular flexibility index (Phi) is 7.28. The minimum absolute atomic E-state index is 0.0976. The van der Waals surface area contributed by atoms with E-state index in [9.17, 15) is 4.79 Å². The molecule has 1 saturated carbocycles. The van der Waals surface area contributed by atoms with Crippen LogP contribution in [-0.4, -0.2) is 19.2 Å². The predicted octanol–water partition coefficient (Wildman–Crippen LogP) is 5.60. The minimum atomic E-state index is -0.0976. The maximum Gasteiger partial charge on any atom is 0.255 e. The third-order valence-corrected chi connectivity index (χ3v) is 5.30. The van der Waals surface area contributed by atoms with E-state index in [4.69, 9.17) is 4.74 Å². The molecule has 1 amide bonds. The average molecular weight is 367 g/mol. The summed E-state index contributed by atoms with van der Waals surface area (Å²) in [6.45, 7) is 3.29. The number of aryl methyl sites for hydroxylation is 1. The molecule has 0 heterocycles. The first-order valence-electron chi connectivity index (χ1n) is 10.0. The molecule has 0 aliphatic heterocycles. The number of ether oxygens (including phenoxy) is 1. The number of nitrogens with one attached hydrogen (secondary N) is 2. The first-order valence-corrected chi connectivity index (χ1v) is 10.0. The standard InChI is InChI=1S/C23H30N2O2/c1-18-12-13-21(24-17-27-15-14-19-8-4-2-5-9-19)16-22(18)25-23(26)20-10-6-3-7-11-20/h3,6-7,10-13,16,19,24H,2,4-5,8-9,14-15,17H2,1H3,(H,25,26). The zero-order chi connectivity index (χ0) is 18.9. The highest BCUT2D eigenvalue weighted by Gasteiger charge is 2.12. The maximum atomic E-state index is 12.4. The summed E-state index contributed by atoms with van der Waals surface area (Å²) in [5.41, 5.74) is 3.45. The highest BCUT2D eigenvalue weighted by Crippen LogP contribution is 2.26. The number of anilines is 2. The molecule has 4 heteroatoms. The summed E-state index contributed by atoms with van der Waals surface area (Å²) in [5, 5.41) is 6.28. The number of hydrogen-bond acceptors (Lipinski definition) is 3. The van der Waals surface area contributed by atoms with E-state index in [2.05, 4.69) is 10.6 Å². The van der Waals surface area contributed by atoms with E-state index in [1.807, 2.05) is 55.5 Å². The Labute approximate surface area is 162 Å². The van der Waals surface area contributed by atoms with Crippen LogP contribution in [0.15, 0.2) is 48.5 Å². The first kappa shape index (κ1) is 19.4. The van der Waals surface area contributed by atoms with Gasteiger partial charge in [0.25, 0.3) is 5.91 Å². The monoisotopic (exact) mass is 366 g/mol. The van der Waals surface area contributed by atoms with E-state index in [1.165, 1.54) is 32.1 Å². The summed E-state index contributed by atoms with van der Waals surface area (Å²) in [5.74, 6) is 0.748. The number of rotatable bonds is 8. The van der Waals surface area contributed by atoms with Crippen molar-refractivity contribution >= 4 is 17.3 Å². The summed E-state index contributed by atoms with van der Waals surface area (Å²) in [6, 6.07) is 15.2. The molecule has 144 valence electrons. The lowest BCUT2D eigenvalue weighted by Crippen LogP contribution is -2.14. The van der Waals surface area contributed by atoms with Gasteiger partial charge in [0.05, 0.1) is 0 Å². The number of benzene rings is 2. The van der Waals surface area contributed by atoms with Crippen molar-refractivity contribution in [1.29, 1.82) is 0 Å². The Morgan fingerprint density at radius 2 is 1.85 bits per heavy atom. The highest BCUT2D eigenvalue weighted by molar-refractivity contribution is 6.04. The van der Waals surface area contributed by atoms with Gasteiger partial charge in [-0.3, -0.25) is 4.79 Å². The molecule has 4 nitrogen and oxygen atoms in total. The molecule has 3 rings (SSSR count). The molecule has 1 aliphatic carbocycles. The van der Waals surface area contributed by atoms with Crippen LogP contribution in [0.4, 0.5) is 11.4 Å². The average Bonchev–Trinajstić information content (AvgIpc) is 2.71. The second-order valence-corrected chi connectivity index (χ2v) is 7.37. The van der Waals surface area contributed by atoms with E-state index in [0.717, 1.165) is 35.9 Å². The summed E-state index contributed by atoms with van der Waals surface area (Å²) in [6.07, 6.45) is 8.04. The molecule has 2 aromatic rings. The molecule has 0 spiro atoms.